The van der Waals surface area contributed by atoms with Crippen LogP contribution in [0.15, 0.2) is 0 Å². The quantitative estimate of drug-likeness (QED) is 0.428. The monoisotopic (exact) mass is 157 g/mol. The van der Waals surface area contributed by atoms with Gasteiger partial charge in [0.2, 0.25) is 0 Å². The van der Waals surface area contributed by atoms with Crippen molar-refractivity contribution in [2.45, 2.75) is 0 Å². The van der Waals surface area contributed by atoms with Crippen molar-refractivity contribution < 1.29 is 38.8 Å². The number of hydrogen-bond donors (Lipinski definition) is 0. The van der Waals surface area contributed by atoms with Gasteiger partial charge in [0.05, 0.1) is 0 Å². The van der Waals surface area contributed by atoms with Crippen LogP contribution >= 0.6 is 0 Å². The summed E-state index contributed by atoms with van der Waals surface area (Å²) in [6.45, 7) is 0. The third-order valence-corrected chi connectivity index (χ3v) is 0. The third kappa shape index (κ3) is 37.1. The molecule has 33 valence electrons. The fourth-order valence-corrected chi connectivity index (χ4v) is 0. The van der Waals surface area contributed by atoms with Crippen LogP contribution in [0, 0.1) is 0 Å². The Morgan fingerprint density at radius 1 is 1.20 bits per heavy atom. The number of hydrogen-bond acceptors (Lipinski definition) is 2. The summed E-state index contributed by atoms with van der Waals surface area (Å²) in [5.74, 6) is 0. The Kier molecular flexibility index (Phi) is 209. The van der Waals surface area contributed by atoms with Gasteiger partial charge < -0.3 is 0 Å². The van der Waals surface area contributed by atoms with Crippen LogP contribution in [0.2, 0.25) is 0 Å². The molecular formula is HCoLiNiO2. The maximum absolute atomic E-state index is 7.94. The Labute approximate surface area is 57.6 Å². The van der Waals surface area contributed by atoms with Crippen LogP contribution in [0.5, 0.6) is 0 Å². The van der Waals surface area contributed by atoms with Crippen molar-refractivity contribution in [1.29, 1.82) is 0 Å². The topological polar surface area (TPSA) is 34.1 Å². The van der Waals surface area contributed by atoms with Gasteiger partial charge in [0.1, 0.15) is 0 Å². The molecule has 0 aromatic rings. The molecule has 0 bridgehead atoms. The molecule has 5 heteroatoms. The summed E-state index contributed by atoms with van der Waals surface area (Å²) in [6, 6.07) is 0. The van der Waals surface area contributed by atoms with Crippen LogP contribution in [0.25, 0.3) is 0 Å². The van der Waals surface area contributed by atoms with Gasteiger partial charge in [-0.2, -0.15) is 0 Å². The first-order chi connectivity index (χ1) is 2.00. The average molecular weight is 158 g/mol. The zero-order valence-electron chi connectivity index (χ0n) is 1.47. The molecule has 0 atom stereocenters. The normalized spacial score (nSPS) is 2.20. The summed E-state index contributed by atoms with van der Waals surface area (Å²) < 4.78 is 15.8. The van der Waals surface area contributed by atoms with Crippen LogP contribution in [0.1, 0.15) is 0 Å². The zero-order valence-corrected chi connectivity index (χ0v) is 3.49. The van der Waals surface area contributed by atoms with E-state index in [0.29, 0.717) is 0 Å². The summed E-state index contributed by atoms with van der Waals surface area (Å²) in [6.07, 6.45) is 0. The molecule has 0 saturated carbocycles. The van der Waals surface area contributed by atoms with E-state index >= 15 is 0 Å². The van der Waals surface area contributed by atoms with E-state index in [1.54, 1.807) is 0 Å². The second-order valence-electron chi connectivity index (χ2n) is 0. The fourth-order valence-electron chi connectivity index (χ4n) is 0. The predicted molar refractivity (Wildman–Crippen MR) is 8.52 cm³/mol. The first-order valence-corrected chi connectivity index (χ1v) is 1.09. The summed E-state index contributed by atoms with van der Waals surface area (Å²) in [7, 11) is 0. The molecule has 0 N–H and O–H groups in total. The second-order valence-corrected chi connectivity index (χ2v) is 0. The molecule has 0 spiro atoms. The van der Waals surface area contributed by atoms with E-state index in [-0.39, 0.29) is 18.9 Å². The van der Waals surface area contributed by atoms with Gasteiger partial charge in [0, 0.05) is 0 Å². The van der Waals surface area contributed by atoms with Crippen LogP contribution in [0.4, 0.5) is 0 Å². The SMILES string of the molecule is [LiH].[O]=[Co].[O]=[Ni]. The molecule has 0 aromatic carbocycles. The average Bonchev–Trinajstić information content (AvgIpc) is 1.50. The van der Waals surface area contributed by atoms with Gasteiger partial charge in [-0.15, -0.1) is 0 Å². The van der Waals surface area contributed by atoms with Crippen LogP contribution in [0.3, 0.4) is 0 Å². The molecule has 0 unspecified atom stereocenters. The molecule has 0 aliphatic carbocycles. The maximum atomic E-state index is 7.94. The van der Waals surface area contributed by atoms with Crippen LogP contribution < -0.4 is 0 Å². The van der Waals surface area contributed by atoms with Gasteiger partial charge in [-0.3, -0.25) is 0 Å². The molecule has 0 aliphatic heterocycles. The minimum absolute atomic E-state index is 0. The summed E-state index contributed by atoms with van der Waals surface area (Å²) >= 11 is 4.94. The van der Waals surface area contributed by atoms with Crippen LogP contribution in [-0.4, -0.2) is 18.9 Å². The molecule has 2 nitrogen and oxygen atoms in total. The van der Waals surface area contributed by atoms with Crippen molar-refractivity contribution in [1.82, 2.24) is 0 Å². The molecule has 0 saturated heterocycles. The minimum atomic E-state index is 0. The predicted octanol–water partition coefficient (Wildman–Crippen LogP) is -0.891. The van der Waals surface area contributed by atoms with E-state index in [1.807, 2.05) is 0 Å². The van der Waals surface area contributed by atoms with Crippen molar-refractivity contribution in [3.8, 4) is 0 Å². The Hall–Kier alpha value is 1.20. The standard InChI is InChI=1S/Co.Li.Ni.2O.H. The Morgan fingerprint density at radius 3 is 1.20 bits per heavy atom. The van der Waals surface area contributed by atoms with Gasteiger partial charge in [0.15, 0.2) is 0 Å². The van der Waals surface area contributed by atoms with Gasteiger partial charge in [-0.1, -0.05) is 0 Å². The van der Waals surface area contributed by atoms with Gasteiger partial charge in [0.25, 0.3) is 0 Å². The van der Waals surface area contributed by atoms with E-state index in [4.69, 9.17) is 7.76 Å². The second kappa shape index (κ2) is 63.9. The zero-order chi connectivity index (χ0) is 4.00. The van der Waals surface area contributed by atoms with E-state index in [0.717, 1.165) is 0 Å². The number of rotatable bonds is 0. The molecule has 0 radical (unpaired) electrons. The molecule has 0 amide bonds. The van der Waals surface area contributed by atoms with Gasteiger partial charge in [-0.25, -0.2) is 0 Å². The third-order valence-electron chi connectivity index (χ3n) is 0. The molecule has 0 fully saturated rings. The molecule has 0 aliphatic rings. The first kappa shape index (κ1) is 16.4. The molecular weight excluding hydrogens is 157 g/mol. The summed E-state index contributed by atoms with van der Waals surface area (Å²) in [5, 5.41) is 0. The van der Waals surface area contributed by atoms with Gasteiger partial charge >= 0.3 is 57.7 Å². The molecule has 0 aromatic heterocycles. The van der Waals surface area contributed by atoms with Crippen LogP contribution in [-0.2, 0) is 38.8 Å². The summed E-state index contributed by atoms with van der Waals surface area (Å²) in [4.78, 5) is 0. The van der Waals surface area contributed by atoms with E-state index < -0.39 is 0 Å². The summed E-state index contributed by atoms with van der Waals surface area (Å²) in [5.41, 5.74) is 0. The van der Waals surface area contributed by atoms with Gasteiger partial charge in [-0.05, 0) is 0 Å². The Morgan fingerprint density at radius 2 is 1.20 bits per heavy atom. The van der Waals surface area contributed by atoms with Crippen molar-refractivity contribution in [2.75, 3.05) is 0 Å². The Balaban J connectivity index is -0.0000000133. The van der Waals surface area contributed by atoms with Crippen molar-refractivity contribution >= 4 is 18.9 Å². The molecule has 0 heterocycles. The van der Waals surface area contributed by atoms with Crippen molar-refractivity contribution in [3.05, 3.63) is 0 Å². The first-order valence-electron chi connectivity index (χ1n) is 0.265. The fraction of sp³-hybridized carbons (Fsp3) is 0. The molecule has 0 rings (SSSR count). The van der Waals surface area contributed by atoms with E-state index in [1.165, 1.54) is 0 Å². The van der Waals surface area contributed by atoms with Crippen molar-refractivity contribution in [3.63, 3.8) is 0 Å². The Bertz CT molecular complexity index is 11.6. The van der Waals surface area contributed by atoms with E-state index in [9.17, 15) is 0 Å². The van der Waals surface area contributed by atoms with Crippen molar-refractivity contribution in [2.24, 2.45) is 0 Å². The van der Waals surface area contributed by atoms with E-state index in [2.05, 4.69) is 31.1 Å². The molecule has 5 heavy (non-hydrogen) atoms.